The van der Waals surface area contributed by atoms with Crippen LogP contribution < -0.4 is 11.1 Å². The van der Waals surface area contributed by atoms with Crippen molar-refractivity contribution in [3.63, 3.8) is 0 Å². The van der Waals surface area contributed by atoms with Crippen LogP contribution in [0.15, 0.2) is 40.8 Å². The molecule has 8 nitrogen and oxygen atoms in total. The number of esters is 1. The molecule has 0 radical (unpaired) electrons. The zero-order chi connectivity index (χ0) is 18.7. The van der Waals surface area contributed by atoms with Crippen LogP contribution in [-0.2, 0) is 9.53 Å². The van der Waals surface area contributed by atoms with E-state index >= 15 is 0 Å². The first-order valence-electron chi connectivity index (χ1n) is 8.54. The number of ether oxygens (including phenoxy) is 1. The van der Waals surface area contributed by atoms with Crippen molar-refractivity contribution in [2.75, 3.05) is 17.7 Å². The van der Waals surface area contributed by atoms with E-state index in [0.717, 1.165) is 17.7 Å². The fraction of sp³-hybridized carbons (Fsp3) is 0.333. The summed E-state index contributed by atoms with van der Waals surface area (Å²) < 4.78 is 5.30. The highest BCUT2D eigenvalue weighted by Crippen LogP contribution is 2.46. The molecule has 2 aromatic rings. The number of carbonyl (C=O) groups excluding carboxylic acids is 1. The predicted octanol–water partition coefficient (Wildman–Crippen LogP) is 3.56. The monoisotopic (exact) mass is 355 g/mol. The highest BCUT2D eigenvalue weighted by Gasteiger charge is 2.37. The smallest absolute Gasteiger partial charge is 0.336 e. The number of fused-ring (bicyclic) bond motifs is 1. The second-order valence-electron chi connectivity index (χ2n) is 6.00. The quantitative estimate of drug-likeness (QED) is 0.413. The van der Waals surface area contributed by atoms with Gasteiger partial charge in [-0.15, -0.1) is 4.91 Å². The fourth-order valence-corrected chi connectivity index (χ4v) is 3.30. The van der Waals surface area contributed by atoms with Crippen molar-refractivity contribution in [1.82, 2.24) is 10.2 Å². The van der Waals surface area contributed by atoms with Gasteiger partial charge in [0.05, 0.1) is 30.0 Å². The van der Waals surface area contributed by atoms with Crippen LogP contribution >= 0.6 is 0 Å². The lowest BCUT2D eigenvalue weighted by Crippen LogP contribution is -2.25. The third-order valence-electron chi connectivity index (χ3n) is 4.37. The number of H-pyrrole nitrogens is 1. The molecule has 1 aromatic carbocycles. The molecule has 3 rings (SSSR count). The van der Waals surface area contributed by atoms with E-state index in [2.05, 4.69) is 20.7 Å². The van der Waals surface area contributed by atoms with Gasteiger partial charge >= 0.3 is 5.97 Å². The van der Waals surface area contributed by atoms with E-state index in [0.29, 0.717) is 23.4 Å². The van der Waals surface area contributed by atoms with Gasteiger partial charge in [0.15, 0.2) is 0 Å². The Labute approximate surface area is 150 Å². The van der Waals surface area contributed by atoms with E-state index in [9.17, 15) is 9.70 Å². The molecule has 136 valence electrons. The van der Waals surface area contributed by atoms with E-state index in [1.807, 2.05) is 6.92 Å². The Morgan fingerprint density at radius 2 is 2.15 bits per heavy atom. The maximum absolute atomic E-state index is 12.8. The van der Waals surface area contributed by atoms with Gasteiger partial charge in [-0.25, -0.2) is 4.79 Å². The minimum Gasteiger partial charge on any atom is -0.463 e. The third kappa shape index (κ3) is 2.94. The molecule has 2 heterocycles. The average molecular weight is 355 g/mol. The van der Waals surface area contributed by atoms with Crippen molar-refractivity contribution in [3.05, 3.63) is 51.7 Å². The molecule has 0 saturated carbocycles. The third-order valence-corrected chi connectivity index (χ3v) is 4.37. The Hall–Kier alpha value is -3.16. The molecule has 1 atom stereocenters. The van der Waals surface area contributed by atoms with Crippen molar-refractivity contribution in [2.24, 2.45) is 5.18 Å². The summed E-state index contributed by atoms with van der Waals surface area (Å²) in [6, 6.07) is 5.10. The molecule has 26 heavy (non-hydrogen) atoms. The lowest BCUT2D eigenvalue weighted by Gasteiger charge is -2.29. The molecule has 0 amide bonds. The van der Waals surface area contributed by atoms with Gasteiger partial charge in [0.1, 0.15) is 11.5 Å². The van der Waals surface area contributed by atoms with Crippen LogP contribution in [-0.4, -0.2) is 22.8 Å². The van der Waals surface area contributed by atoms with Gasteiger partial charge in [0.25, 0.3) is 0 Å². The Kier molecular flexibility index (Phi) is 5.01. The molecule has 0 spiro atoms. The standard InChI is InChI=1S/C18H21N5O3/c1-3-6-13-15(18(24)26-4-2)14(11-9-20-22-17(11)21-13)10-7-5-8-12(19)16(10)23-25/h5,7-9,14H,3-4,6,19H2,1-2H3,(H2,20,21,22). The van der Waals surface area contributed by atoms with Crippen molar-refractivity contribution in [1.29, 1.82) is 0 Å². The SMILES string of the molecule is CCCC1=C(C(=O)OCC)C(c2cccc(N)c2N=O)c2cn[nH]c2N1. The van der Waals surface area contributed by atoms with Gasteiger partial charge in [-0.2, -0.15) is 5.10 Å². The van der Waals surface area contributed by atoms with Crippen LogP contribution in [0.25, 0.3) is 0 Å². The topological polar surface area (TPSA) is 122 Å². The number of benzene rings is 1. The van der Waals surface area contributed by atoms with Crippen LogP contribution in [0.2, 0.25) is 0 Å². The van der Waals surface area contributed by atoms with Gasteiger partial charge in [-0.05, 0) is 30.2 Å². The van der Waals surface area contributed by atoms with E-state index < -0.39 is 11.9 Å². The predicted molar refractivity (Wildman–Crippen MR) is 98.9 cm³/mol. The maximum atomic E-state index is 12.8. The van der Waals surface area contributed by atoms with E-state index in [1.165, 1.54) is 0 Å². The van der Waals surface area contributed by atoms with Crippen LogP contribution in [0.3, 0.4) is 0 Å². The number of nitroso groups, excluding NO2 is 1. The van der Waals surface area contributed by atoms with Gasteiger partial charge < -0.3 is 15.8 Å². The van der Waals surface area contributed by atoms with E-state index in [4.69, 9.17) is 10.5 Å². The molecule has 1 aliphatic rings. The minimum absolute atomic E-state index is 0.129. The minimum atomic E-state index is -0.540. The number of aromatic amines is 1. The van der Waals surface area contributed by atoms with Crippen LogP contribution in [0.5, 0.6) is 0 Å². The number of hydrogen-bond donors (Lipinski definition) is 3. The molecule has 1 aromatic heterocycles. The summed E-state index contributed by atoms with van der Waals surface area (Å²) in [5.41, 5.74) is 8.83. The van der Waals surface area contributed by atoms with Crippen molar-refractivity contribution < 1.29 is 9.53 Å². The Balaban J connectivity index is 2.26. The van der Waals surface area contributed by atoms with E-state index in [1.54, 1.807) is 31.3 Å². The number of rotatable bonds is 6. The summed E-state index contributed by atoms with van der Waals surface area (Å²) in [5.74, 6) is -0.285. The largest absolute Gasteiger partial charge is 0.463 e. The highest BCUT2D eigenvalue weighted by atomic mass is 16.5. The number of carbonyl (C=O) groups is 1. The van der Waals surface area contributed by atoms with Crippen LogP contribution in [0, 0.1) is 4.91 Å². The summed E-state index contributed by atoms with van der Waals surface area (Å²) in [6.45, 7) is 4.03. The molecule has 1 aliphatic heterocycles. The molecule has 8 heteroatoms. The zero-order valence-electron chi connectivity index (χ0n) is 14.7. The summed E-state index contributed by atoms with van der Waals surface area (Å²) in [7, 11) is 0. The first-order chi connectivity index (χ1) is 12.6. The summed E-state index contributed by atoms with van der Waals surface area (Å²) in [5, 5.41) is 13.3. The van der Waals surface area contributed by atoms with Crippen LogP contribution in [0.1, 0.15) is 43.7 Å². The summed E-state index contributed by atoms with van der Waals surface area (Å²) in [4.78, 5) is 24.2. The number of aromatic nitrogens is 2. The second-order valence-corrected chi connectivity index (χ2v) is 6.00. The summed E-state index contributed by atoms with van der Waals surface area (Å²) in [6.07, 6.45) is 3.11. The first kappa shape index (κ1) is 17.7. The number of nitrogens with zero attached hydrogens (tertiary/aromatic N) is 2. The molecule has 0 bridgehead atoms. The molecule has 4 N–H and O–H groups in total. The molecule has 0 aliphatic carbocycles. The number of nitrogen functional groups attached to an aromatic ring is 1. The van der Waals surface area contributed by atoms with Crippen molar-refractivity contribution in [3.8, 4) is 0 Å². The van der Waals surface area contributed by atoms with Gasteiger partial charge in [0.2, 0.25) is 0 Å². The lowest BCUT2D eigenvalue weighted by atomic mass is 9.81. The molecular formula is C18H21N5O3. The number of hydrogen-bond acceptors (Lipinski definition) is 7. The highest BCUT2D eigenvalue weighted by molar-refractivity contribution is 5.95. The first-order valence-corrected chi connectivity index (χ1v) is 8.54. The Morgan fingerprint density at radius 3 is 2.85 bits per heavy atom. The molecule has 0 fully saturated rings. The normalized spacial score (nSPS) is 16.0. The zero-order valence-corrected chi connectivity index (χ0v) is 14.7. The van der Waals surface area contributed by atoms with Gasteiger partial charge in [-0.3, -0.25) is 5.10 Å². The van der Waals surface area contributed by atoms with Gasteiger partial charge in [-0.1, -0.05) is 25.5 Å². The molecule has 1 unspecified atom stereocenters. The molecule has 0 saturated heterocycles. The number of allylic oxidation sites excluding steroid dienone is 1. The molecular weight excluding hydrogens is 334 g/mol. The Morgan fingerprint density at radius 1 is 1.35 bits per heavy atom. The van der Waals surface area contributed by atoms with Crippen molar-refractivity contribution in [2.45, 2.75) is 32.6 Å². The van der Waals surface area contributed by atoms with Crippen LogP contribution in [0.4, 0.5) is 17.2 Å². The number of anilines is 2. The average Bonchev–Trinajstić information content (AvgIpc) is 3.09. The van der Waals surface area contributed by atoms with E-state index in [-0.39, 0.29) is 18.0 Å². The fourth-order valence-electron chi connectivity index (χ4n) is 3.30. The lowest BCUT2D eigenvalue weighted by molar-refractivity contribution is -0.138. The Bertz CT molecular complexity index is 871. The van der Waals surface area contributed by atoms with Crippen molar-refractivity contribution >= 4 is 23.2 Å². The maximum Gasteiger partial charge on any atom is 0.336 e. The number of nitrogens with two attached hydrogens (primary N) is 1. The number of nitrogens with one attached hydrogen (secondary N) is 2. The van der Waals surface area contributed by atoms with Gasteiger partial charge in [0, 0.05) is 11.3 Å². The summed E-state index contributed by atoms with van der Waals surface area (Å²) >= 11 is 0. The second kappa shape index (κ2) is 7.38.